The van der Waals surface area contributed by atoms with Crippen molar-refractivity contribution in [2.24, 2.45) is 5.92 Å². The summed E-state index contributed by atoms with van der Waals surface area (Å²) in [6, 6.07) is 2.35. The molecule has 22 heavy (non-hydrogen) atoms. The van der Waals surface area contributed by atoms with Crippen LogP contribution in [-0.4, -0.2) is 21.8 Å². The number of benzene rings is 1. The number of ether oxygens (including phenoxy) is 1. The van der Waals surface area contributed by atoms with Crippen molar-refractivity contribution in [1.82, 2.24) is 9.78 Å². The van der Waals surface area contributed by atoms with E-state index in [1.54, 1.807) is 10.9 Å². The van der Waals surface area contributed by atoms with E-state index in [9.17, 15) is 14.5 Å². The average molecular weight is 308 g/mol. The number of aromatic nitrogens is 2. The lowest BCUT2D eigenvalue weighted by atomic mass is 10.2. The highest BCUT2D eigenvalue weighted by molar-refractivity contribution is 5.71. The molecule has 0 aliphatic heterocycles. The second-order valence-corrected chi connectivity index (χ2v) is 5.23. The maximum absolute atomic E-state index is 13.8. The maximum atomic E-state index is 13.8. The third kappa shape index (κ3) is 3.51. The molecule has 2 rings (SSSR count). The van der Waals surface area contributed by atoms with Gasteiger partial charge in [0.1, 0.15) is 11.4 Å². The van der Waals surface area contributed by atoms with Gasteiger partial charge in [0, 0.05) is 24.9 Å². The zero-order chi connectivity index (χ0) is 16.3. The monoisotopic (exact) mass is 308 g/mol. The smallest absolute Gasteiger partial charge is 0.328 e. The summed E-state index contributed by atoms with van der Waals surface area (Å²) in [6.07, 6.45) is 3.24. The summed E-state index contributed by atoms with van der Waals surface area (Å²) < 4.78 is 20.5. The normalized spacial score (nSPS) is 10.8. The summed E-state index contributed by atoms with van der Waals surface area (Å²) in [5, 5.41) is 18.0. The van der Waals surface area contributed by atoms with Crippen molar-refractivity contribution >= 4 is 17.1 Å². The largest absolute Gasteiger partial charge is 0.497 e. The molecule has 1 heterocycles. The highest BCUT2D eigenvalue weighted by atomic mass is 19.1. The zero-order valence-corrected chi connectivity index (χ0v) is 12.5. The van der Waals surface area contributed by atoms with Crippen molar-refractivity contribution in [3.8, 4) is 5.75 Å². The molecule has 0 radical (unpaired) electrons. The average Bonchev–Trinajstić information content (AvgIpc) is 2.83. The van der Waals surface area contributed by atoms with Gasteiger partial charge >= 0.3 is 5.69 Å². The van der Waals surface area contributed by atoms with E-state index < -0.39 is 16.4 Å². The Hall–Kier alpha value is -2.64. The topological polar surface area (TPSA) is 82.2 Å². The van der Waals surface area contributed by atoms with Gasteiger partial charge in [0.05, 0.1) is 23.9 Å². The Morgan fingerprint density at radius 3 is 2.82 bits per heavy atom. The van der Waals surface area contributed by atoms with E-state index in [2.05, 4.69) is 24.3 Å². The molecule has 0 fully saturated rings. The van der Waals surface area contributed by atoms with Gasteiger partial charge in [-0.25, -0.2) is 0 Å². The SMILES string of the molecule is COc1cc(F)c([N+](=O)[O-])c(Nc2cnn(CC(C)C)c2)c1. The van der Waals surface area contributed by atoms with E-state index in [4.69, 9.17) is 4.74 Å². The number of methoxy groups -OCH3 is 1. The van der Waals surface area contributed by atoms with Gasteiger partial charge in [-0.15, -0.1) is 0 Å². The predicted octanol–water partition coefficient (Wildman–Crippen LogP) is 3.34. The maximum Gasteiger partial charge on any atom is 0.328 e. The number of anilines is 2. The molecular weight excluding hydrogens is 291 g/mol. The lowest BCUT2D eigenvalue weighted by Crippen LogP contribution is -2.04. The molecule has 1 N–H and O–H groups in total. The second-order valence-electron chi connectivity index (χ2n) is 5.23. The van der Waals surface area contributed by atoms with Crippen molar-refractivity contribution in [2.45, 2.75) is 20.4 Å². The fraction of sp³-hybridized carbons (Fsp3) is 0.357. The molecular formula is C14H17FN4O3. The second kappa shape index (κ2) is 6.42. The number of nitrogens with zero attached hydrogens (tertiary/aromatic N) is 3. The van der Waals surface area contributed by atoms with Gasteiger partial charge in [0.15, 0.2) is 0 Å². The van der Waals surface area contributed by atoms with Gasteiger partial charge in [-0.05, 0) is 5.92 Å². The molecule has 118 valence electrons. The number of nitrogens with one attached hydrogen (secondary N) is 1. The van der Waals surface area contributed by atoms with Crippen molar-refractivity contribution in [1.29, 1.82) is 0 Å². The molecule has 2 aromatic rings. The molecule has 0 aliphatic carbocycles. The lowest BCUT2D eigenvalue weighted by molar-refractivity contribution is -0.386. The number of rotatable bonds is 6. The first-order valence-corrected chi connectivity index (χ1v) is 6.72. The van der Waals surface area contributed by atoms with Crippen LogP contribution >= 0.6 is 0 Å². The van der Waals surface area contributed by atoms with Gasteiger partial charge in [0.25, 0.3) is 0 Å². The minimum atomic E-state index is -0.957. The van der Waals surface area contributed by atoms with E-state index >= 15 is 0 Å². The number of hydrogen-bond acceptors (Lipinski definition) is 5. The van der Waals surface area contributed by atoms with E-state index in [1.807, 2.05) is 0 Å². The van der Waals surface area contributed by atoms with Gasteiger partial charge in [0.2, 0.25) is 5.82 Å². The van der Waals surface area contributed by atoms with E-state index in [1.165, 1.54) is 19.4 Å². The first-order chi connectivity index (χ1) is 10.4. The molecule has 8 heteroatoms. The molecule has 1 aromatic carbocycles. The molecule has 0 atom stereocenters. The minimum absolute atomic E-state index is 0.0194. The standard InChI is InChI=1S/C14H17FN4O3/c1-9(2)7-18-8-10(6-16-18)17-13-5-11(22-3)4-12(15)14(13)19(20)21/h4-6,8-9,17H,7H2,1-3H3. The molecule has 0 bridgehead atoms. The predicted molar refractivity (Wildman–Crippen MR) is 80.0 cm³/mol. The van der Waals surface area contributed by atoms with Gasteiger partial charge in [-0.2, -0.15) is 9.49 Å². The van der Waals surface area contributed by atoms with Crippen LogP contribution in [0.4, 0.5) is 21.5 Å². The number of hydrogen-bond donors (Lipinski definition) is 1. The zero-order valence-electron chi connectivity index (χ0n) is 12.5. The first kappa shape index (κ1) is 15.7. The molecule has 0 saturated heterocycles. The number of nitro groups is 1. The summed E-state index contributed by atoms with van der Waals surface area (Å²) in [4.78, 5) is 10.3. The van der Waals surface area contributed by atoms with Crippen LogP contribution in [0.15, 0.2) is 24.5 Å². The summed E-state index contributed by atoms with van der Waals surface area (Å²) in [6.45, 7) is 4.82. The Kier molecular flexibility index (Phi) is 4.59. The third-order valence-electron chi connectivity index (χ3n) is 2.92. The Balaban J connectivity index is 2.33. The van der Waals surface area contributed by atoms with Gasteiger partial charge in [-0.3, -0.25) is 14.8 Å². The van der Waals surface area contributed by atoms with Crippen LogP contribution < -0.4 is 10.1 Å². The van der Waals surface area contributed by atoms with Crippen LogP contribution in [0.25, 0.3) is 0 Å². The van der Waals surface area contributed by atoms with Crippen molar-refractivity contribution in [3.63, 3.8) is 0 Å². The number of halogens is 1. The third-order valence-corrected chi connectivity index (χ3v) is 2.92. The van der Waals surface area contributed by atoms with Crippen LogP contribution in [0.2, 0.25) is 0 Å². The van der Waals surface area contributed by atoms with Crippen LogP contribution in [0.3, 0.4) is 0 Å². The Labute approximate surface area is 126 Å². The van der Waals surface area contributed by atoms with Crippen molar-refractivity contribution in [2.75, 3.05) is 12.4 Å². The van der Waals surface area contributed by atoms with Crippen LogP contribution in [0.1, 0.15) is 13.8 Å². The molecule has 0 spiro atoms. The molecule has 7 nitrogen and oxygen atoms in total. The molecule has 0 aliphatic rings. The van der Waals surface area contributed by atoms with Crippen LogP contribution in [-0.2, 0) is 6.54 Å². The summed E-state index contributed by atoms with van der Waals surface area (Å²) in [7, 11) is 1.37. The fourth-order valence-corrected chi connectivity index (χ4v) is 2.03. The summed E-state index contributed by atoms with van der Waals surface area (Å²) >= 11 is 0. The van der Waals surface area contributed by atoms with Crippen molar-refractivity contribution in [3.05, 3.63) is 40.5 Å². The molecule has 1 aromatic heterocycles. The van der Waals surface area contributed by atoms with Crippen molar-refractivity contribution < 1.29 is 14.1 Å². The summed E-state index contributed by atoms with van der Waals surface area (Å²) in [5.74, 6) is -0.349. The van der Waals surface area contributed by atoms with Crippen LogP contribution in [0, 0.1) is 21.8 Å². The highest BCUT2D eigenvalue weighted by Gasteiger charge is 2.22. The quantitative estimate of drug-likeness (QED) is 0.653. The minimum Gasteiger partial charge on any atom is -0.497 e. The Bertz CT molecular complexity index is 685. The Morgan fingerprint density at radius 1 is 1.50 bits per heavy atom. The van der Waals surface area contributed by atoms with Crippen LogP contribution in [0.5, 0.6) is 5.75 Å². The van der Waals surface area contributed by atoms with Gasteiger partial charge in [-0.1, -0.05) is 13.8 Å². The van der Waals surface area contributed by atoms with E-state index in [-0.39, 0.29) is 11.4 Å². The lowest BCUT2D eigenvalue weighted by Gasteiger charge is -2.08. The highest BCUT2D eigenvalue weighted by Crippen LogP contribution is 2.34. The van der Waals surface area contributed by atoms with E-state index in [0.717, 1.165) is 12.6 Å². The van der Waals surface area contributed by atoms with Gasteiger partial charge < -0.3 is 10.1 Å². The molecule has 0 saturated carbocycles. The number of nitro benzene ring substituents is 1. The summed E-state index contributed by atoms with van der Waals surface area (Å²) in [5.41, 5.74) is -0.0697. The first-order valence-electron chi connectivity index (χ1n) is 6.72. The molecule has 0 amide bonds. The van der Waals surface area contributed by atoms with E-state index in [0.29, 0.717) is 11.6 Å². The molecule has 0 unspecified atom stereocenters. The fourth-order valence-electron chi connectivity index (χ4n) is 2.03. The Morgan fingerprint density at radius 2 is 2.23 bits per heavy atom.